The smallest absolute Gasteiger partial charge is 0.365 e. The summed E-state index contributed by atoms with van der Waals surface area (Å²) in [5.41, 5.74) is 2.29. The van der Waals surface area contributed by atoms with Crippen LogP contribution in [0.2, 0.25) is 0 Å². The van der Waals surface area contributed by atoms with Gasteiger partial charge in [-0.2, -0.15) is 8.42 Å². The van der Waals surface area contributed by atoms with Crippen LogP contribution in [0.5, 0.6) is 0 Å². The van der Waals surface area contributed by atoms with Gasteiger partial charge in [-0.1, -0.05) is 12.1 Å². The van der Waals surface area contributed by atoms with Crippen molar-refractivity contribution in [3.05, 3.63) is 11.1 Å². The first-order valence-electron chi connectivity index (χ1n) is 12.3. The van der Waals surface area contributed by atoms with Crippen LogP contribution >= 0.6 is 11.3 Å². The van der Waals surface area contributed by atoms with Crippen LogP contribution in [-0.4, -0.2) is 94.6 Å². The molecule has 2 rings (SSSR count). The molecule has 0 bridgehead atoms. The largest absolute Gasteiger partial charge is 0.481 e. The highest BCUT2D eigenvalue weighted by Gasteiger charge is 2.56. The van der Waals surface area contributed by atoms with Crippen LogP contribution < -0.4 is 5.73 Å². The number of nitrogens with zero attached hydrogens (tertiary/aromatic N) is 4. The fourth-order valence-corrected chi connectivity index (χ4v) is 5.42. The molecule has 0 spiro atoms. The summed E-state index contributed by atoms with van der Waals surface area (Å²) in [4.78, 5) is 61.1. The summed E-state index contributed by atoms with van der Waals surface area (Å²) in [6.45, 7) is 9.50. The number of hydrogen-bond donors (Lipinski definition) is 2. The Balaban J connectivity index is 2.38. The van der Waals surface area contributed by atoms with E-state index in [4.69, 9.17) is 19.5 Å². The molecule has 0 aliphatic carbocycles. The van der Waals surface area contributed by atoms with Gasteiger partial charge >= 0.3 is 22.2 Å². The van der Waals surface area contributed by atoms with E-state index >= 15 is 0 Å². The predicted octanol–water partition coefficient (Wildman–Crippen LogP) is 0.998. The van der Waals surface area contributed by atoms with E-state index in [0.29, 0.717) is 10.7 Å². The number of aromatic nitrogens is 1. The maximum atomic E-state index is 13.8. The third-order valence-corrected chi connectivity index (χ3v) is 7.93. The van der Waals surface area contributed by atoms with E-state index in [1.54, 1.807) is 13.8 Å². The van der Waals surface area contributed by atoms with E-state index < -0.39 is 63.8 Å². The Morgan fingerprint density at radius 2 is 1.88 bits per heavy atom. The molecule has 1 aliphatic heterocycles. The van der Waals surface area contributed by atoms with Crippen molar-refractivity contribution in [2.75, 3.05) is 25.5 Å². The molecule has 15 nitrogen and oxygen atoms in total. The van der Waals surface area contributed by atoms with Crippen LogP contribution in [-0.2, 0) is 43.2 Å². The first-order valence-corrected chi connectivity index (χ1v) is 14.6. The standard InChI is InChI=1S/C23H35N5O10S2/c1-8-10-27(16-13(3)28(18(16)30)40(34,35)37-12-22(4,5)19(31)32)17(29)15(14-11-39-21(24)25-14)26-38-23(6,7)20(33)36-9-2/h11,13,16H,8-10,12H2,1-7H3,(H2,24,25)(H,31,32)/b26-15+/t13-,16-/m0/s1. The van der Waals surface area contributed by atoms with Crippen LogP contribution in [0.4, 0.5) is 5.13 Å². The van der Waals surface area contributed by atoms with Crippen molar-refractivity contribution < 1.29 is 46.5 Å². The molecule has 1 aromatic heterocycles. The number of esters is 1. The average molecular weight is 606 g/mol. The van der Waals surface area contributed by atoms with Gasteiger partial charge in [-0.3, -0.25) is 18.6 Å². The molecule has 1 saturated heterocycles. The lowest BCUT2D eigenvalue weighted by Crippen LogP contribution is -2.72. The number of nitrogens with two attached hydrogens (primary N) is 1. The first-order chi connectivity index (χ1) is 18.4. The summed E-state index contributed by atoms with van der Waals surface area (Å²) >= 11 is 1.02. The fourth-order valence-electron chi connectivity index (χ4n) is 3.47. The van der Waals surface area contributed by atoms with Crippen LogP contribution in [0, 0.1) is 5.41 Å². The third kappa shape index (κ3) is 7.06. The molecule has 224 valence electrons. The van der Waals surface area contributed by atoms with Crippen LogP contribution in [0.25, 0.3) is 0 Å². The van der Waals surface area contributed by atoms with Gasteiger partial charge in [0.2, 0.25) is 5.60 Å². The van der Waals surface area contributed by atoms with Gasteiger partial charge in [-0.25, -0.2) is 14.1 Å². The third-order valence-electron chi connectivity index (χ3n) is 5.85. The maximum absolute atomic E-state index is 13.8. The quantitative estimate of drug-likeness (QED) is 0.132. The molecule has 2 amide bonds. The molecule has 40 heavy (non-hydrogen) atoms. The van der Waals surface area contributed by atoms with Crippen molar-refractivity contribution in [1.29, 1.82) is 0 Å². The Labute approximate surface area is 236 Å². The number of ether oxygens (including phenoxy) is 1. The zero-order chi connectivity index (χ0) is 30.6. The van der Waals surface area contributed by atoms with Crippen molar-refractivity contribution in [3.63, 3.8) is 0 Å². The minimum Gasteiger partial charge on any atom is -0.481 e. The van der Waals surface area contributed by atoms with Gasteiger partial charge in [0.15, 0.2) is 10.8 Å². The topological polar surface area (TPSA) is 208 Å². The molecule has 1 aromatic rings. The molecule has 0 unspecified atom stereocenters. The number of carbonyl (C=O) groups is 4. The van der Waals surface area contributed by atoms with E-state index in [1.807, 2.05) is 0 Å². The summed E-state index contributed by atoms with van der Waals surface area (Å²) in [5.74, 6) is -3.79. The van der Waals surface area contributed by atoms with E-state index in [-0.39, 0.29) is 29.7 Å². The minimum atomic E-state index is -4.66. The predicted molar refractivity (Wildman–Crippen MR) is 143 cm³/mol. The molecule has 3 N–H and O–H groups in total. The van der Waals surface area contributed by atoms with E-state index in [9.17, 15) is 32.7 Å². The molecular weight excluding hydrogens is 570 g/mol. The van der Waals surface area contributed by atoms with Crippen molar-refractivity contribution in [3.8, 4) is 0 Å². The highest BCUT2D eigenvalue weighted by atomic mass is 32.2. The minimum absolute atomic E-state index is 0.0244. The Bertz CT molecular complexity index is 1270. The van der Waals surface area contributed by atoms with E-state index in [0.717, 1.165) is 16.2 Å². The number of β-lactam (4-membered cyclic amide) rings is 1. The van der Waals surface area contributed by atoms with Gasteiger partial charge in [-0.15, -0.1) is 11.3 Å². The normalized spacial score (nSPS) is 18.2. The highest BCUT2D eigenvalue weighted by Crippen LogP contribution is 2.31. The summed E-state index contributed by atoms with van der Waals surface area (Å²) in [7, 11) is -4.66. The number of carboxylic acid groups (broad SMARTS) is 1. The second kappa shape index (κ2) is 12.5. The molecule has 0 radical (unpaired) electrons. The van der Waals surface area contributed by atoms with Gasteiger partial charge in [0.1, 0.15) is 11.7 Å². The molecular formula is C23H35N5O10S2. The van der Waals surface area contributed by atoms with Crippen LogP contribution in [0.3, 0.4) is 0 Å². The van der Waals surface area contributed by atoms with Crippen molar-refractivity contribution >= 4 is 56.2 Å². The van der Waals surface area contributed by atoms with Gasteiger partial charge in [0.05, 0.1) is 24.7 Å². The van der Waals surface area contributed by atoms with Gasteiger partial charge in [-0.05, 0) is 48.0 Å². The zero-order valence-electron chi connectivity index (χ0n) is 23.4. The SMILES string of the molecule is CCCN(C(=O)/C(=N/OC(C)(C)C(=O)OCC)c1csc(N)n1)[C@@H]1C(=O)N(S(=O)(=O)OCC(C)(C)C(=O)O)[C@H]1C. The van der Waals surface area contributed by atoms with Crippen molar-refractivity contribution in [2.24, 2.45) is 10.6 Å². The van der Waals surface area contributed by atoms with E-state index in [2.05, 4.69) is 10.1 Å². The summed E-state index contributed by atoms with van der Waals surface area (Å²) in [6, 6.07) is -2.28. The van der Waals surface area contributed by atoms with Crippen molar-refractivity contribution in [1.82, 2.24) is 14.2 Å². The zero-order valence-corrected chi connectivity index (χ0v) is 25.0. The molecule has 17 heteroatoms. The number of aliphatic carboxylic acids is 1. The number of amides is 2. The average Bonchev–Trinajstić information content (AvgIpc) is 3.28. The molecule has 1 fully saturated rings. The number of oxime groups is 1. The Morgan fingerprint density at radius 3 is 2.35 bits per heavy atom. The lowest BCUT2D eigenvalue weighted by molar-refractivity contribution is -0.167. The molecule has 2 atom stereocenters. The number of carboxylic acids is 1. The monoisotopic (exact) mass is 605 g/mol. The Kier molecular flexibility index (Phi) is 10.3. The van der Waals surface area contributed by atoms with Gasteiger partial charge in [0.25, 0.3) is 11.8 Å². The van der Waals surface area contributed by atoms with Crippen LogP contribution in [0.1, 0.15) is 60.6 Å². The lowest BCUT2D eigenvalue weighted by Gasteiger charge is -2.48. The summed E-state index contributed by atoms with van der Waals surface area (Å²) in [5, 5.41) is 14.7. The lowest BCUT2D eigenvalue weighted by atomic mass is 9.96. The first kappa shape index (κ1) is 32.9. The second-order valence-electron chi connectivity index (χ2n) is 10.1. The number of carbonyl (C=O) groups excluding carboxylic acids is 3. The molecule has 2 heterocycles. The van der Waals surface area contributed by atoms with Gasteiger partial charge < -0.3 is 25.3 Å². The number of hydrogen-bond acceptors (Lipinski definition) is 13. The fraction of sp³-hybridized carbons (Fsp3) is 0.652. The highest BCUT2D eigenvalue weighted by molar-refractivity contribution is 7.85. The number of anilines is 1. The Hall–Kier alpha value is -3.31. The van der Waals surface area contributed by atoms with Crippen LogP contribution in [0.15, 0.2) is 10.5 Å². The number of nitrogen functional groups attached to an aromatic ring is 1. The number of rotatable bonds is 14. The van der Waals surface area contributed by atoms with Crippen molar-refractivity contribution in [2.45, 2.75) is 72.6 Å². The molecule has 0 saturated carbocycles. The van der Waals surface area contributed by atoms with E-state index in [1.165, 1.54) is 40.0 Å². The summed E-state index contributed by atoms with van der Waals surface area (Å²) in [6.07, 6.45) is 0.389. The maximum Gasteiger partial charge on any atom is 0.365 e. The molecule has 1 aliphatic rings. The number of thiazole rings is 1. The van der Waals surface area contributed by atoms with Gasteiger partial charge in [0, 0.05) is 11.9 Å². The Morgan fingerprint density at radius 1 is 1.25 bits per heavy atom. The summed E-state index contributed by atoms with van der Waals surface area (Å²) < 4.78 is 35.8. The second-order valence-corrected chi connectivity index (χ2v) is 12.4. The molecule has 0 aromatic carbocycles.